The van der Waals surface area contributed by atoms with E-state index in [1.807, 2.05) is 9.06 Å². The Morgan fingerprint density at radius 3 is 1.57 bits per heavy atom. The number of hydrogen-bond donors (Lipinski definition) is 0. The summed E-state index contributed by atoms with van der Waals surface area (Å²) in [5, 5.41) is 1.67. The van der Waals surface area contributed by atoms with E-state index >= 15 is 0 Å². The van der Waals surface area contributed by atoms with Gasteiger partial charge < -0.3 is 14.9 Å². The summed E-state index contributed by atoms with van der Waals surface area (Å²) < 4.78 is 3.62. The molecule has 4 rings (SSSR count). The Morgan fingerprint density at radius 2 is 1.26 bits per heavy atom. The molecule has 35 heavy (non-hydrogen) atoms. The van der Waals surface area contributed by atoms with Crippen molar-refractivity contribution in [3.8, 4) is 0 Å². The van der Waals surface area contributed by atoms with Crippen LogP contribution in [0.3, 0.4) is 0 Å². The predicted octanol–water partition coefficient (Wildman–Crippen LogP) is 11.0. The van der Waals surface area contributed by atoms with Crippen LogP contribution >= 0.6 is 40.5 Å². The van der Waals surface area contributed by atoms with Crippen LogP contribution in [0.15, 0.2) is 21.2 Å². The molecular formula is C28H52Cl2S2Si2Zr. The normalized spacial score (nSPS) is 34.0. The van der Waals surface area contributed by atoms with E-state index in [2.05, 4.69) is 103 Å². The van der Waals surface area contributed by atoms with Gasteiger partial charge in [-0.05, 0) is 69.2 Å². The first-order valence-electron chi connectivity index (χ1n) is 12.9. The van der Waals surface area contributed by atoms with Gasteiger partial charge in [-0.1, -0.05) is 79.1 Å². The van der Waals surface area contributed by atoms with Crippen molar-refractivity contribution >= 4 is 56.7 Å². The van der Waals surface area contributed by atoms with Gasteiger partial charge >= 0.3 is 37.9 Å². The van der Waals surface area contributed by atoms with Crippen molar-refractivity contribution in [2.24, 2.45) is 40.9 Å². The molecule has 0 radical (unpaired) electrons. The van der Waals surface area contributed by atoms with Crippen LogP contribution in [0.25, 0.3) is 0 Å². The van der Waals surface area contributed by atoms with Crippen LogP contribution in [-0.4, -0.2) is 26.6 Å². The van der Waals surface area contributed by atoms with E-state index in [9.17, 15) is 0 Å². The fourth-order valence-corrected chi connectivity index (χ4v) is 15.2. The first-order valence-corrected chi connectivity index (χ1v) is 28.0. The van der Waals surface area contributed by atoms with E-state index in [0.717, 1.165) is 46.0 Å². The van der Waals surface area contributed by atoms with Crippen LogP contribution in [-0.2, 0) is 20.8 Å². The third kappa shape index (κ3) is 7.43. The van der Waals surface area contributed by atoms with Crippen LogP contribution in [0.2, 0.25) is 39.3 Å². The Bertz CT molecular complexity index is 726. The van der Waals surface area contributed by atoms with Gasteiger partial charge in [0.15, 0.2) is 0 Å². The average Bonchev–Trinajstić information content (AvgIpc) is 3.41. The van der Waals surface area contributed by atoms with Gasteiger partial charge in [0.05, 0.1) is 16.1 Å². The molecule has 2 aliphatic carbocycles. The third-order valence-electron chi connectivity index (χ3n) is 8.93. The van der Waals surface area contributed by atoms with Gasteiger partial charge in [-0.3, -0.25) is 0 Å². The van der Waals surface area contributed by atoms with Crippen LogP contribution in [0, 0.1) is 55.8 Å². The Labute approximate surface area is 249 Å². The molecule has 6 unspecified atom stereocenters. The van der Waals surface area contributed by atoms with Gasteiger partial charge in [-0.15, -0.1) is 23.5 Å². The molecule has 0 N–H and O–H groups in total. The summed E-state index contributed by atoms with van der Waals surface area (Å²) in [6, 6.07) is 0. The van der Waals surface area contributed by atoms with Gasteiger partial charge in [-0.2, -0.15) is 0 Å². The SMILES string of the molecule is CC(C)C1CCC(C(C)(C)C2C3SC([Si](C)(C)C)=CC3C3C=C([Si](C)(C)C)SC32)C1.[CH3-].[CH3-].[Cl][Zr+2][Cl]. The summed E-state index contributed by atoms with van der Waals surface area (Å²) in [6.07, 6.45) is 10.0. The van der Waals surface area contributed by atoms with E-state index < -0.39 is 37.0 Å². The second-order valence-corrected chi connectivity index (χ2v) is 30.8. The molecule has 7 heteroatoms. The molecule has 6 atom stereocenters. The summed E-state index contributed by atoms with van der Waals surface area (Å²) in [6.45, 7) is 25.6. The molecule has 202 valence electrons. The van der Waals surface area contributed by atoms with Crippen LogP contribution < -0.4 is 0 Å². The van der Waals surface area contributed by atoms with Crippen molar-refractivity contribution in [1.82, 2.24) is 0 Å². The maximum absolute atomic E-state index is 4.93. The standard InChI is InChI=1S/C26H46S2Si2.2CH3.2ClH.Zr/c1-16(2)17-11-12-18(13-17)26(3,4)23-24-19(14-21(27-24)29(5,6)7)20-15-22(28-25(20)23)30(8,9)10;;;;;/h14-20,23-25H,11-13H2,1-10H3;2*1H3;2*1H;/q;2*-1;;;+4/p-2. The molecular weight excluding hydrogens is 619 g/mol. The molecule has 2 fully saturated rings. The summed E-state index contributed by atoms with van der Waals surface area (Å²) in [4.78, 5) is 0. The zero-order valence-corrected chi connectivity index (χ0v) is 32.1. The minimum atomic E-state index is -1.23. The second kappa shape index (κ2) is 13.2. The quantitative estimate of drug-likeness (QED) is 0.211. The van der Waals surface area contributed by atoms with E-state index in [-0.39, 0.29) is 14.9 Å². The fraction of sp³-hybridized carbons (Fsp3) is 0.786. The summed E-state index contributed by atoms with van der Waals surface area (Å²) in [5.41, 5.74) is 0.456. The molecule has 0 saturated heterocycles. The molecule has 2 saturated carbocycles. The molecule has 4 aliphatic rings. The summed E-state index contributed by atoms with van der Waals surface area (Å²) in [7, 11) is 7.41. The zero-order chi connectivity index (χ0) is 24.9. The third-order valence-corrected chi connectivity index (χ3v) is 19.1. The van der Waals surface area contributed by atoms with E-state index in [0.29, 0.717) is 5.41 Å². The van der Waals surface area contributed by atoms with E-state index in [4.69, 9.17) is 17.0 Å². The van der Waals surface area contributed by atoms with E-state index in [1.165, 1.54) is 19.3 Å². The van der Waals surface area contributed by atoms with Gasteiger partial charge in [0.25, 0.3) is 0 Å². The number of thioether (sulfide) groups is 2. The summed E-state index contributed by atoms with van der Waals surface area (Å²) >= 11 is 3.87. The topological polar surface area (TPSA) is 0 Å². The van der Waals surface area contributed by atoms with Crippen molar-refractivity contribution in [2.75, 3.05) is 0 Å². The predicted molar refractivity (Wildman–Crippen MR) is 170 cm³/mol. The van der Waals surface area contributed by atoms with Crippen molar-refractivity contribution in [3.05, 3.63) is 36.1 Å². The van der Waals surface area contributed by atoms with Crippen LogP contribution in [0.4, 0.5) is 0 Å². The molecule has 0 aromatic carbocycles. The Balaban J connectivity index is 0.00000117. The zero-order valence-electron chi connectivity index (χ0n) is 24.5. The molecule has 0 bridgehead atoms. The molecule has 2 aliphatic heterocycles. The van der Waals surface area contributed by atoms with E-state index in [1.54, 1.807) is 0 Å². The molecule has 0 amide bonds. The van der Waals surface area contributed by atoms with Crippen molar-refractivity contribution in [2.45, 2.75) is 96.7 Å². The second-order valence-electron chi connectivity index (χ2n) is 13.8. The average molecular weight is 671 g/mol. The maximum atomic E-state index is 4.93. The van der Waals surface area contributed by atoms with Crippen LogP contribution in [0.1, 0.15) is 47.0 Å². The van der Waals surface area contributed by atoms with Crippen molar-refractivity contribution < 1.29 is 20.8 Å². The Morgan fingerprint density at radius 1 is 0.857 bits per heavy atom. The minimum absolute atomic E-state index is 0. The number of allylic oxidation sites excluding steroid dienone is 2. The molecule has 0 aromatic heterocycles. The molecule has 0 aromatic rings. The Kier molecular flexibility index (Phi) is 13.2. The number of halogens is 2. The van der Waals surface area contributed by atoms with Crippen LogP contribution in [0.5, 0.6) is 0 Å². The number of rotatable bonds is 5. The van der Waals surface area contributed by atoms with Crippen molar-refractivity contribution in [1.29, 1.82) is 0 Å². The summed E-state index contributed by atoms with van der Waals surface area (Å²) in [5.74, 6) is 5.19. The Hall–Kier alpha value is 2.08. The van der Waals surface area contributed by atoms with Gasteiger partial charge in [-0.25, -0.2) is 0 Å². The van der Waals surface area contributed by atoms with Gasteiger partial charge in [0.1, 0.15) is 0 Å². The number of fused-ring (bicyclic) bond motifs is 3. The molecule has 2 heterocycles. The van der Waals surface area contributed by atoms with Crippen molar-refractivity contribution in [3.63, 3.8) is 0 Å². The first-order chi connectivity index (χ1) is 15.1. The number of hydrogen-bond acceptors (Lipinski definition) is 2. The fourth-order valence-electron chi connectivity index (χ4n) is 6.81. The molecule has 0 nitrogen and oxygen atoms in total. The molecule has 0 spiro atoms. The van der Waals surface area contributed by atoms with Gasteiger partial charge in [0.2, 0.25) is 0 Å². The monoisotopic (exact) mass is 668 g/mol. The van der Waals surface area contributed by atoms with Gasteiger partial charge in [0, 0.05) is 10.5 Å². The first kappa shape index (κ1) is 35.1.